The average molecular weight is 628 g/mol. The van der Waals surface area contributed by atoms with Crippen LogP contribution in [0.25, 0.3) is 11.4 Å². The first-order chi connectivity index (χ1) is 19.5. The van der Waals surface area contributed by atoms with E-state index in [1.807, 2.05) is 0 Å². The number of carboxylic acid groups (broad SMARTS) is 1. The first-order valence-corrected chi connectivity index (χ1v) is 13.6. The number of aromatic nitrogens is 5. The third-order valence-corrected chi connectivity index (χ3v) is 7.37. The molecule has 4 rings (SSSR count). The van der Waals surface area contributed by atoms with Gasteiger partial charge in [0.05, 0.1) is 25.0 Å². The zero-order chi connectivity index (χ0) is 31.1. The van der Waals surface area contributed by atoms with Crippen molar-refractivity contribution >= 4 is 50.3 Å². The predicted molar refractivity (Wildman–Crippen MR) is 139 cm³/mol. The van der Waals surface area contributed by atoms with E-state index in [0.717, 1.165) is 42.1 Å². The summed E-state index contributed by atoms with van der Waals surface area (Å²) in [5.74, 6) is -4.53. The maximum atomic E-state index is 13.2. The van der Waals surface area contributed by atoms with Gasteiger partial charge in [-0.3, -0.25) is 18.9 Å². The van der Waals surface area contributed by atoms with E-state index in [0.29, 0.717) is 10.9 Å². The first-order valence-electron chi connectivity index (χ1n) is 11.4. The van der Waals surface area contributed by atoms with E-state index in [2.05, 4.69) is 25.8 Å². The number of nitrogen functional groups attached to an aromatic ring is 1. The minimum absolute atomic E-state index is 0.0158. The Bertz CT molecular complexity index is 1780. The van der Waals surface area contributed by atoms with Gasteiger partial charge in [-0.2, -0.15) is 13.1 Å². The first kappa shape index (κ1) is 29.9. The second-order valence-corrected chi connectivity index (χ2v) is 11.3. The molecule has 1 saturated heterocycles. The van der Waals surface area contributed by atoms with Crippen molar-refractivity contribution in [2.45, 2.75) is 38.1 Å². The molecule has 0 radical (unpaired) electrons. The Hall–Kier alpha value is -5.09. The Morgan fingerprint density at radius 1 is 1.29 bits per heavy atom. The number of oxime groups is 1. The number of thiazole rings is 1. The minimum Gasteiger partial charge on any atom is -0.503 e. The molecular weight excluding hydrogens is 606 g/mol. The van der Waals surface area contributed by atoms with Crippen LogP contribution in [0.2, 0.25) is 0 Å². The molecule has 42 heavy (non-hydrogen) atoms. The number of aromatic hydroxyl groups is 1. The highest BCUT2D eigenvalue weighted by atomic mass is 32.2. The molecule has 1 aliphatic heterocycles. The Morgan fingerprint density at radius 2 is 1.98 bits per heavy atom. The van der Waals surface area contributed by atoms with E-state index in [4.69, 9.17) is 10.6 Å². The van der Waals surface area contributed by atoms with Crippen molar-refractivity contribution in [2.24, 2.45) is 5.16 Å². The highest BCUT2D eigenvalue weighted by Gasteiger charge is 2.54. The van der Waals surface area contributed by atoms with E-state index < -0.39 is 69.2 Å². The molecule has 20 nitrogen and oxygen atoms in total. The zero-order valence-corrected chi connectivity index (χ0v) is 23.0. The van der Waals surface area contributed by atoms with Crippen molar-refractivity contribution in [3.63, 3.8) is 0 Å². The van der Waals surface area contributed by atoms with Crippen LogP contribution in [0.15, 0.2) is 33.8 Å². The number of hydrogen-bond acceptors (Lipinski definition) is 15. The van der Waals surface area contributed by atoms with E-state index in [1.165, 1.54) is 5.38 Å². The number of nitrogens with zero attached hydrogens (tertiary/aromatic N) is 7. The number of carboxylic acids is 1. The summed E-state index contributed by atoms with van der Waals surface area (Å²) in [5.41, 5.74) is 1.86. The van der Waals surface area contributed by atoms with Gasteiger partial charge in [0.25, 0.3) is 11.8 Å². The van der Waals surface area contributed by atoms with Gasteiger partial charge in [-0.15, -0.1) is 16.4 Å². The molecule has 2 amide bonds. The number of aliphatic carboxylic acids is 1. The van der Waals surface area contributed by atoms with Gasteiger partial charge in [-0.1, -0.05) is 10.4 Å². The summed E-state index contributed by atoms with van der Waals surface area (Å²) < 4.78 is 34.9. The van der Waals surface area contributed by atoms with Gasteiger partial charge in [0.2, 0.25) is 11.0 Å². The normalized spacial score (nSPS) is 17.5. The summed E-state index contributed by atoms with van der Waals surface area (Å²) in [6.45, 7) is 1.82. The largest absolute Gasteiger partial charge is 0.503 e. The van der Waals surface area contributed by atoms with Crippen molar-refractivity contribution in [3.8, 4) is 17.1 Å². The lowest BCUT2D eigenvalue weighted by Gasteiger charge is -2.43. The van der Waals surface area contributed by atoms with Crippen molar-refractivity contribution in [2.75, 3.05) is 5.73 Å². The fourth-order valence-electron chi connectivity index (χ4n) is 3.55. The minimum atomic E-state index is -5.11. The van der Waals surface area contributed by atoms with Crippen LogP contribution in [0.1, 0.15) is 19.5 Å². The van der Waals surface area contributed by atoms with Crippen molar-refractivity contribution in [3.05, 3.63) is 39.8 Å². The lowest BCUT2D eigenvalue weighted by Crippen LogP contribution is -2.73. The molecule has 0 aliphatic carbocycles. The number of carbonyl (C=O) groups excluding carboxylic acids is 2. The van der Waals surface area contributed by atoms with Crippen molar-refractivity contribution < 1.29 is 47.6 Å². The maximum Gasteiger partial charge on any atom is 0.362 e. The second kappa shape index (κ2) is 10.7. The SMILES string of the molecule is CC(C)(O/N=C(\C(=O)N[C@@H]1C(=O)N(S(=O)(=O)O)[C@@H]1Cn1cc(-c2cc(=O)c(O)cn2O)nn1)c1csc(N)n1)C(=O)O. The molecule has 224 valence electrons. The van der Waals surface area contributed by atoms with Gasteiger partial charge in [-0.25, -0.2) is 18.8 Å². The Morgan fingerprint density at radius 3 is 2.57 bits per heavy atom. The molecule has 4 heterocycles. The van der Waals surface area contributed by atoms with E-state index in [9.17, 15) is 47.6 Å². The number of nitrogens with one attached hydrogen (secondary N) is 1. The summed E-state index contributed by atoms with van der Waals surface area (Å²) in [6, 6.07) is -2.21. The average Bonchev–Trinajstić information content (AvgIpc) is 3.52. The highest BCUT2D eigenvalue weighted by molar-refractivity contribution is 7.84. The highest BCUT2D eigenvalue weighted by Crippen LogP contribution is 2.26. The van der Waals surface area contributed by atoms with Crippen LogP contribution in [0.5, 0.6) is 5.75 Å². The Balaban J connectivity index is 1.62. The number of pyridine rings is 1. The molecule has 0 aromatic carbocycles. The van der Waals surface area contributed by atoms with Gasteiger partial charge in [0.1, 0.15) is 23.1 Å². The number of nitrogens with two attached hydrogens (primary N) is 1. The molecule has 22 heteroatoms. The van der Waals surface area contributed by atoms with Crippen LogP contribution < -0.4 is 16.5 Å². The molecule has 3 aromatic rings. The number of amides is 2. The van der Waals surface area contributed by atoms with Crippen LogP contribution in [-0.2, 0) is 36.1 Å². The number of β-lactam (4-membered cyclic amide) rings is 1. The quantitative estimate of drug-likeness (QED) is 0.0460. The van der Waals surface area contributed by atoms with E-state index >= 15 is 0 Å². The second-order valence-electron chi connectivity index (χ2n) is 9.13. The van der Waals surface area contributed by atoms with Crippen LogP contribution in [0, 0.1) is 0 Å². The summed E-state index contributed by atoms with van der Waals surface area (Å²) in [6.07, 6.45) is 1.86. The van der Waals surface area contributed by atoms with Gasteiger partial charge in [-0.05, 0) is 13.8 Å². The number of rotatable bonds is 10. The fraction of sp³-hybridized carbons (Fsp3) is 0.300. The molecule has 1 fully saturated rings. The number of carbonyl (C=O) groups is 3. The van der Waals surface area contributed by atoms with Gasteiger partial charge < -0.3 is 31.3 Å². The summed E-state index contributed by atoms with van der Waals surface area (Å²) in [4.78, 5) is 58.0. The standard InChI is InChI=1S/C20H21N9O11S2/c1-20(2,18(34)35)40-25-14(9-7-41-19(21)22-9)16(32)23-15-11(29(17(15)33)42(37,38)39)5-27-4-8(24-26-27)10-3-12(30)13(31)6-28(10)36/h3-4,6-7,11,15,31,36H,5H2,1-2H3,(H2,21,22)(H,23,32)(H,34,35)(H,37,38,39)/b25-14-/t11-,15+/m1/s1. The van der Waals surface area contributed by atoms with E-state index in [1.54, 1.807) is 0 Å². The third-order valence-electron chi connectivity index (χ3n) is 5.75. The Kier molecular flexibility index (Phi) is 7.62. The van der Waals surface area contributed by atoms with Crippen LogP contribution >= 0.6 is 11.3 Å². The van der Waals surface area contributed by atoms with Crippen LogP contribution in [0.4, 0.5) is 5.13 Å². The summed E-state index contributed by atoms with van der Waals surface area (Å²) >= 11 is 0.913. The van der Waals surface area contributed by atoms with Crippen molar-refractivity contribution in [1.82, 2.24) is 34.3 Å². The topological polar surface area (TPSA) is 295 Å². The molecule has 2 atom stereocenters. The van der Waals surface area contributed by atoms with Gasteiger partial charge in [0, 0.05) is 11.4 Å². The van der Waals surface area contributed by atoms with Gasteiger partial charge in [0.15, 0.2) is 16.6 Å². The number of hydrogen-bond donors (Lipinski definition) is 6. The monoisotopic (exact) mass is 627 g/mol. The molecule has 0 unspecified atom stereocenters. The molecule has 1 aliphatic rings. The summed E-state index contributed by atoms with van der Waals surface area (Å²) in [5, 5.41) is 43.4. The molecular formula is C20H21N9O11S2. The maximum absolute atomic E-state index is 13.2. The third kappa shape index (κ3) is 5.84. The molecule has 7 N–H and O–H groups in total. The van der Waals surface area contributed by atoms with E-state index in [-0.39, 0.29) is 26.5 Å². The Labute approximate surface area is 238 Å². The zero-order valence-electron chi connectivity index (χ0n) is 21.3. The molecule has 3 aromatic heterocycles. The fourth-order valence-corrected chi connectivity index (χ4v) is 4.97. The molecule has 0 saturated carbocycles. The van der Waals surface area contributed by atoms with Crippen LogP contribution in [-0.4, -0.2) is 98.6 Å². The van der Waals surface area contributed by atoms with Crippen molar-refractivity contribution in [1.29, 1.82) is 0 Å². The molecule has 0 spiro atoms. The predicted octanol–water partition coefficient (Wildman–Crippen LogP) is -2.13. The van der Waals surface area contributed by atoms with Crippen LogP contribution in [0.3, 0.4) is 0 Å². The molecule has 0 bridgehead atoms. The lowest BCUT2D eigenvalue weighted by molar-refractivity contribution is -0.161. The summed E-state index contributed by atoms with van der Waals surface area (Å²) in [7, 11) is -5.11. The van der Waals surface area contributed by atoms with Gasteiger partial charge >= 0.3 is 16.3 Å². The smallest absolute Gasteiger partial charge is 0.362 e. The number of anilines is 1. The lowest BCUT2D eigenvalue weighted by atomic mass is 9.98.